The molecule has 0 radical (unpaired) electrons. The van der Waals surface area contributed by atoms with Crippen LogP contribution in [0.25, 0.3) is 0 Å². The first-order valence-corrected chi connectivity index (χ1v) is 12.1. The van der Waals surface area contributed by atoms with Crippen LogP contribution in [0, 0.1) is 0 Å². The molecule has 0 saturated carbocycles. The van der Waals surface area contributed by atoms with Crippen molar-refractivity contribution in [2.75, 3.05) is 27.6 Å². The van der Waals surface area contributed by atoms with E-state index in [2.05, 4.69) is 15.4 Å². The van der Waals surface area contributed by atoms with E-state index < -0.39 is 11.0 Å². The van der Waals surface area contributed by atoms with Crippen LogP contribution in [0.1, 0.15) is 15.9 Å². The van der Waals surface area contributed by atoms with Crippen LogP contribution in [0.5, 0.6) is 0 Å². The number of carbonyl (C=O) groups excluding carboxylic acids is 1. The smallest absolute Gasteiger partial charge is 0.255 e. The first-order chi connectivity index (χ1) is 16.6. The number of benzene rings is 4. The molecule has 0 heterocycles. The Morgan fingerprint density at radius 1 is 0.765 bits per heavy atom. The van der Waals surface area contributed by atoms with E-state index in [0.717, 1.165) is 29.0 Å². The molecule has 0 aliphatic heterocycles. The summed E-state index contributed by atoms with van der Waals surface area (Å²) in [4.78, 5) is 13.4. The standard InChI is InChI=1S/C27H26N4O2S/c28-26-12-5-4-7-20(26)17-18-29-24-11-6-8-21(19-24)27(32)30-22-13-15-25(16-14-22)34(33)31-23-9-2-1-3-10-23/h1-16,19,29,31H,17-18,28H2,(H,30,32). The Morgan fingerprint density at radius 2 is 1.47 bits per heavy atom. The van der Waals surface area contributed by atoms with Gasteiger partial charge in [0.2, 0.25) is 0 Å². The second-order valence-electron chi connectivity index (χ2n) is 7.67. The van der Waals surface area contributed by atoms with Crippen LogP contribution in [0.15, 0.2) is 108 Å². The summed E-state index contributed by atoms with van der Waals surface area (Å²) in [7, 11) is -1.39. The summed E-state index contributed by atoms with van der Waals surface area (Å²) in [6.07, 6.45) is 0.788. The van der Waals surface area contributed by atoms with Gasteiger partial charge in [0.15, 0.2) is 0 Å². The molecule has 0 aliphatic carbocycles. The number of nitrogens with one attached hydrogen (secondary N) is 3. The molecule has 172 valence electrons. The normalized spacial score (nSPS) is 11.4. The van der Waals surface area contributed by atoms with Gasteiger partial charge in [-0.1, -0.05) is 42.5 Å². The molecule has 4 aromatic rings. The SMILES string of the molecule is Nc1ccccc1CCNc1cccc(C(=O)Nc2ccc(S(=O)Nc3ccccc3)cc2)c1. The number of hydrogen-bond acceptors (Lipinski definition) is 4. The number of anilines is 4. The fourth-order valence-electron chi connectivity index (χ4n) is 3.41. The largest absolute Gasteiger partial charge is 0.399 e. The number of rotatable bonds is 9. The van der Waals surface area contributed by atoms with Crippen LogP contribution < -0.4 is 21.1 Å². The van der Waals surface area contributed by atoms with Gasteiger partial charge in [0.1, 0.15) is 11.0 Å². The number of hydrogen-bond donors (Lipinski definition) is 4. The Kier molecular flexibility index (Phi) is 7.57. The van der Waals surface area contributed by atoms with E-state index in [0.29, 0.717) is 22.7 Å². The number of nitrogens with two attached hydrogens (primary N) is 1. The number of para-hydroxylation sites is 2. The highest BCUT2D eigenvalue weighted by molar-refractivity contribution is 7.86. The summed E-state index contributed by atoms with van der Waals surface area (Å²) in [6.45, 7) is 0.703. The molecule has 0 aromatic heterocycles. The molecule has 1 unspecified atom stereocenters. The average Bonchev–Trinajstić information content (AvgIpc) is 2.86. The zero-order chi connectivity index (χ0) is 23.8. The van der Waals surface area contributed by atoms with Crippen LogP contribution in [-0.4, -0.2) is 16.7 Å². The highest BCUT2D eigenvalue weighted by Gasteiger charge is 2.09. The van der Waals surface area contributed by atoms with Crippen molar-refractivity contribution in [2.24, 2.45) is 0 Å². The molecule has 7 heteroatoms. The van der Waals surface area contributed by atoms with Gasteiger partial charge in [0.05, 0.1) is 4.90 Å². The first-order valence-electron chi connectivity index (χ1n) is 10.9. The summed E-state index contributed by atoms with van der Waals surface area (Å²) in [5, 5.41) is 6.23. The molecule has 6 nitrogen and oxygen atoms in total. The fraction of sp³-hybridized carbons (Fsp3) is 0.0741. The zero-order valence-corrected chi connectivity index (χ0v) is 19.3. The summed E-state index contributed by atoms with van der Waals surface area (Å²) in [5.74, 6) is -0.216. The third-order valence-electron chi connectivity index (χ3n) is 5.21. The fourth-order valence-corrected chi connectivity index (χ4v) is 4.26. The van der Waals surface area contributed by atoms with Gasteiger partial charge in [0, 0.05) is 34.9 Å². The Morgan fingerprint density at radius 3 is 2.24 bits per heavy atom. The Bertz CT molecular complexity index is 1280. The quantitative estimate of drug-likeness (QED) is 0.249. The Balaban J connectivity index is 1.32. The molecule has 0 aliphatic rings. The number of amides is 1. The lowest BCUT2D eigenvalue weighted by Crippen LogP contribution is -2.13. The van der Waals surface area contributed by atoms with Crippen molar-refractivity contribution in [3.8, 4) is 0 Å². The van der Waals surface area contributed by atoms with Crippen LogP contribution in [-0.2, 0) is 17.4 Å². The maximum Gasteiger partial charge on any atom is 0.255 e. The number of nitrogen functional groups attached to an aromatic ring is 1. The minimum absolute atomic E-state index is 0.216. The number of carbonyl (C=O) groups is 1. The molecule has 4 rings (SSSR count). The highest BCUT2D eigenvalue weighted by Crippen LogP contribution is 2.18. The van der Waals surface area contributed by atoms with Gasteiger partial charge < -0.3 is 21.1 Å². The van der Waals surface area contributed by atoms with E-state index in [-0.39, 0.29) is 5.91 Å². The summed E-state index contributed by atoms with van der Waals surface area (Å²) >= 11 is 0. The molecular weight excluding hydrogens is 444 g/mol. The molecule has 5 N–H and O–H groups in total. The van der Waals surface area contributed by atoms with Crippen molar-refractivity contribution in [2.45, 2.75) is 11.3 Å². The maximum atomic E-state index is 12.7. The summed E-state index contributed by atoms with van der Waals surface area (Å²) in [5.41, 5.74) is 10.7. The third-order valence-corrected chi connectivity index (χ3v) is 6.34. The first kappa shape index (κ1) is 23.1. The van der Waals surface area contributed by atoms with Gasteiger partial charge in [0.25, 0.3) is 5.91 Å². The molecule has 0 bridgehead atoms. The van der Waals surface area contributed by atoms with Crippen molar-refractivity contribution < 1.29 is 9.00 Å². The second kappa shape index (κ2) is 11.2. The maximum absolute atomic E-state index is 12.7. The van der Waals surface area contributed by atoms with E-state index in [4.69, 9.17) is 5.73 Å². The Hall–Kier alpha value is -4.10. The van der Waals surface area contributed by atoms with Gasteiger partial charge in [-0.2, -0.15) is 0 Å². The summed E-state index contributed by atoms with van der Waals surface area (Å²) in [6, 6.07) is 31.5. The van der Waals surface area contributed by atoms with Crippen molar-refractivity contribution in [1.82, 2.24) is 0 Å². The molecule has 4 aromatic carbocycles. The molecule has 0 spiro atoms. The molecule has 1 atom stereocenters. The zero-order valence-electron chi connectivity index (χ0n) is 18.5. The van der Waals surface area contributed by atoms with Crippen LogP contribution in [0.4, 0.5) is 22.7 Å². The van der Waals surface area contributed by atoms with E-state index in [1.54, 1.807) is 30.3 Å². The van der Waals surface area contributed by atoms with Crippen LogP contribution in [0.2, 0.25) is 0 Å². The average molecular weight is 471 g/mol. The van der Waals surface area contributed by atoms with Crippen molar-refractivity contribution in [3.63, 3.8) is 0 Å². The van der Waals surface area contributed by atoms with E-state index in [1.807, 2.05) is 72.8 Å². The molecule has 1 amide bonds. The van der Waals surface area contributed by atoms with Crippen LogP contribution >= 0.6 is 0 Å². The molecular formula is C27H26N4O2S. The van der Waals surface area contributed by atoms with Crippen molar-refractivity contribution in [1.29, 1.82) is 0 Å². The van der Waals surface area contributed by atoms with Crippen LogP contribution in [0.3, 0.4) is 0 Å². The minimum Gasteiger partial charge on any atom is -0.399 e. The van der Waals surface area contributed by atoms with E-state index in [1.165, 1.54) is 0 Å². The van der Waals surface area contributed by atoms with Crippen molar-refractivity contribution in [3.05, 3.63) is 114 Å². The van der Waals surface area contributed by atoms with Gasteiger partial charge in [-0.25, -0.2) is 4.21 Å². The van der Waals surface area contributed by atoms with Gasteiger partial charge in [-0.15, -0.1) is 0 Å². The topological polar surface area (TPSA) is 96.2 Å². The monoisotopic (exact) mass is 470 g/mol. The predicted molar refractivity (Wildman–Crippen MR) is 140 cm³/mol. The molecule has 34 heavy (non-hydrogen) atoms. The van der Waals surface area contributed by atoms with Crippen molar-refractivity contribution >= 4 is 39.6 Å². The predicted octanol–water partition coefficient (Wildman–Crippen LogP) is 5.31. The molecule has 0 saturated heterocycles. The lowest BCUT2D eigenvalue weighted by molar-refractivity contribution is 0.102. The lowest BCUT2D eigenvalue weighted by Gasteiger charge is -2.11. The highest BCUT2D eigenvalue weighted by atomic mass is 32.2. The van der Waals surface area contributed by atoms with Gasteiger partial charge in [-0.05, 0) is 72.6 Å². The molecule has 0 fully saturated rings. The van der Waals surface area contributed by atoms with E-state index >= 15 is 0 Å². The van der Waals surface area contributed by atoms with E-state index in [9.17, 15) is 9.00 Å². The minimum atomic E-state index is -1.39. The third kappa shape index (κ3) is 6.24. The Labute approximate surface area is 201 Å². The second-order valence-corrected chi connectivity index (χ2v) is 8.88. The summed E-state index contributed by atoms with van der Waals surface area (Å²) < 4.78 is 15.5. The lowest BCUT2D eigenvalue weighted by atomic mass is 10.1. The van der Waals surface area contributed by atoms with Gasteiger partial charge >= 0.3 is 0 Å². The van der Waals surface area contributed by atoms with Gasteiger partial charge in [-0.3, -0.25) is 4.79 Å².